The van der Waals surface area contributed by atoms with Gasteiger partial charge in [-0.05, 0) is 0 Å². The Balaban J connectivity index is 1.85. The summed E-state index contributed by atoms with van der Waals surface area (Å²) in [5.41, 5.74) is 0. The van der Waals surface area contributed by atoms with Gasteiger partial charge in [-0.15, -0.1) is 0 Å². The van der Waals surface area contributed by atoms with E-state index in [1.807, 2.05) is 91.0 Å². The number of hydrogen-bond donors (Lipinski definition) is 0. The molecule has 0 saturated heterocycles. The van der Waals surface area contributed by atoms with Gasteiger partial charge in [-0.25, -0.2) is 0 Å². The average molecular weight is 391 g/mol. The molecule has 3 aromatic rings. The normalized spacial score (nSPS) is 11.5. The molecule has 0 aromatic heterocycles. The molecule has 0 spiro atoms. The summed E-state index contributed by atoms with van der Waals surface area (Å²) in [6, 6.07) is 28.4. The van der Waals surface area contributed by atoms with Crippen molar-refractivity contribution in [3.63, 3.8) is 0 Å². The Kier molecular flexibility index (Phi) is 5.16. The minimum atomic E-state index is -3.16. The molecule has 0 amide bonds. The second-order valence-electron chi connectivity index (χ2n) is 4.73. The molecule has 5 heteroatoms. The molecule has 0 fully saturated rings. The van der Waals surface area contributed by atoms with Crippen LogP contribution in [0.2, 0.25) is 0 Å². The van der Waals surface area contributed by atoms with Crippen LogP contribution in [0.25, 0.3) is 0 Å². The third-order valence-corrected chi connectivity index (χ3v) is 5.84. The van der Waals surface area contributed by atoms with Crippen LogP contribution in [0, 0.1) is 0 Å². The fraction of sp³-hybridized carbons (Fsp3) is 0. The number of hydrogen-bond acceptors (Lipinski definition) is 3. The van der Waals surface area contributed by atoms with E-state index in [0.717, 1.165) is 0 Å². The molecule has 0 saturated carbocycles. The first kappa shape index (κ1) is 15.9. The molecule has 0 N–H and O–H groups in total. The van der Waals surface area contributed by atoms with Crippen molar-refractivity contribution >= 4 is 22.1 Å². The van der Waals surface area contributed by atoms with Crippen LogP contribution in [-0.4, -0.2) is 0 Å². The molecule has 0 unspecified atom stereocenters. The maximum atomic E-state index is 6.02. The standard InChI is InChI=1S/C18H16BrO3P/c19-23(20-16-10-4-1-5-11-16,21-17-12-6-2-7-13-17)22-18-14-8-3-9-15-18/h1-15,23H. The van der Waals surface area contributed by atoms with Gasteiger partial charge in [0.25, 0.3) is 0 Å². The predicted molar refractivity (Wildman–Crippen MR) is 98.5 cm³/mol. The molecular formula is C18H16BrO3P. The Morgan fingerprint density at radius 3 is 1.00 bits per heavy atom. The third-order valence-electron chi connectivity index (χ3n) is 2.95. The second kappa shape index (κ2) is 7.49. The number of rotatable bonds is 6. The van der Waals surface area contributed by atoms with Crippen molar-refractivity contribution in [3.05, 3.63) is 91.0 Å². The molecule has 0 atom stereocenters. The van der Waals surface area contributed by atoms with Crippen molar-refractivity contribution in [2.45, 2.75) is 0 Å². The molecule has 118 valence electrons. The summed E-state index contributed by atoms with van der Waals surface area (Å²) in [4.78, 5) is 0. The molecule has 3 nitrogen and oxygen atoms in total. The van der Waals surface area contributed by atoms with Crippen molar-refractivity contribution in [1.82, 2.24) is 0 Å². The summed E-state index contributed by atoms with van der Waals surface area (Å²) < 4.78 is 18.1. The van der Waals surface area contributed by atoms with Crippen molar-refractivity contribution < 1.29 is 13.6 Å². The van der Waals surface area contributed by atoms with Gasteiger partial charge in [0, 0.05) is 0 Å². The molecule has 3 rings (SSSR count). The summed E-state index contributed by atoms with van der Waals surface area (Å²) in [7, 11) is 0. The summed E-state index contributed by atoms with van der Waals surface area (Å²) >= 11 is 3.57. The maximum absolute atomic E-state index is 6.02. The molecule has 3 aromatic carbocycles. The minimum absolute atomic E-state index is 0.683. The quantitative estimate of drug-likeness (QED) is 0.481. The second-order valence-corrected chi connectivity index (χ2v) is 9.22. The van der Waals surface area contributed by atoms with E-state index in [9.17, 15) is 0 Å². The van der Waals surface area contributed by atoms with Crippen LogP contribution in [0.3, 0.4) is 0 Å². The van der Waals surface area contributed by atoms with Gasteiger partial charge in [0.2, 0.25) is 0 Å². The number of para-hydroxylation sites is 3. The Bertz CT molecular complexity index is 622. The first-order valence-corrected chi connectivity index (χ1v) is 11.1. The molecule has 0 bridgehead atoms. The molecule has 0 heterocycles. The molecule has 23 heavy (non-hydrogen) atoms. The Hall–Kier alpha value is -2.03. The Morgan fingerprint density at radius 1 is 0.478 bits per heavy atom. The average Bonchev–Trinajstić information content (AvgIpc) is 2.57. The van der Waals surface area contributed by atoms with Gasteiger partial charge in [-0.2, -0.15) is 0 Å². The van der Waals surface area contributed by atoms with Gasteiger partial charge in [-0.1, -0.05) is 0 Å². The zero-order valence-corrected chi connectivity index (χ0v) is 14.8. The molecule has 0 aliphatic rings. The van der Waals surface area contributed by atoms with Crippen molar-refractivity contribution in [2.24, 2.45) is 0 Å². The fourth-order valence-electron chi connectivity index (χ4n) is 1.95. The van der Waals surface area contributed by atoms with Gasteiger partial charge < -0.3 is 0 Å². The van der Waals surface area contributed by atoms with Gasteiger partial charge in [0.15, 0.2) is 0 Å². The van der Waals surface area contributed by atoms with Crippen LogP contribution in [-0.2, 0) is 0 Å². The van der Waals surface area contributed by atoms with Gasteiger partial charge in [-0.3, -0.25) is 0 Å². The van der Waals surface area contributed by atoms with Crippen molar-refractivity contribution in [2.75, 3.05) is 0 Å². The van der Waals surface area contributed by atoms with E-state index in [-0.39, 0.29) is 0 Å². The summed E-state index contributed by atoms with van der Waals surface area (Å²) in [5, 5.41) is 0. The first-order valence-electron chi connectivity index (χ1n) is 7.15. The van der Waals surface area contributed by atoms with Crippen LogP contribution in [0.5, 0.6) is 17.2 Å². The van der Waals surface area contributed by atoms with Crippen molar-refractivity contribution in [1.29, 1.82) is 0 Å². The van der Waals surface area contributed by atoms with E-state index < -0.39 is 6.65 Å². The van der Waals surface area contributed by atoms with E-state index in [4.69, 9.17) is 13.6 Å². The monoisotopic (exact) mass is 390 g/mol. The van der Waals surface area contributed by atoms with Crippen LogP contribution in [0.4, 0.5) is 0 Å². The fourth-order valence-corrected chi connectivity index (χ4v) is 5.01. The van der Waals surface area contributed by atoms with Crippen LogP contribution < -0.4 is 13.6 Å². The summed E-state index contributed by atoms with van der Waals surface area (Å²) in [5.74, 6) is 2.05. The molecular weight excluding hydrogens is 375 g/mol. The zero-order valence-electron chi connectivity index (χ0n) is 12.3. The van der Waals surface area contributed by atoms with Crippen LogP contribution in [0.1, 0.15) is 0 Å². The van der Waals surface area contributed by atoms with Gasteiger partial charge in [0.05, 0.1) is 0 Å². The summed E-state index contributed by atoms with van der Waals surface area (Å²) in [6.07, 6.45) is 0. The van der Waals surface area contributed by atoms with Gasteiger partial charge in [0.1, 0.15) is 0 Å². The zero-order chi connectivity index (χ0) is 16.0. The number of benzene rings is 3. The molecule has 0 aliphatic heterocycles. The Labute approximate surface area is 144 Å². The van der Waals surface area contributed by atoms with E-state index in [1.54, 1.807) is 0 Å². The van der Waals surface area contributed by atoms with Crippen molar-refractivity contribution in [3.8, 4) is 17.2 Å². The summed E-state index contributed by atoms with van der Waals surface area (Å²) in [6.45, 7) is -3.16. The SMILES string of the molecule is Br[PH](Oc1ccccc1)(Oc1ccccc1)Oc1ccccc1. The first-order chi connectivity index (χ1) is 11.2. The third kappa shape index (κ3) is 4.72. The Morgan fingerprint density at radius 2 is 0.739 bits per heavy atom. The van der Waals surface area contributed by atoms with E-state index in [1.165, 1.54) is 0 Å². The predicted octanol–water partition coefficient (Wildman–Crippen LogP) is 6.03. The van der Waals surface area contributed by atoms with Crippen LogP contribution >= 0.6 is 22.1 Å². The van der Waals surface area contributed by atoms with E-state index in [2.05, 4.69) is 15.5 Å². The molecule has 0 radical (unpaired) electrons. The van der Waals surface area contributed by atoms with E-state index in [0.29, 0.717) is 17.2 Å². The topological polar surface area (TPSA) is 27.7 Å². The van der Waals surface area contributed by atoms with Crippen LogP contribution in [0.15, 0.2) is 91.0 Å². The van der Waals surface area contributed by atoms with Gasteiger partial charge >= 0.3 is 144 Å². The molecule has 0 aliphatic carbocycles. The number of halogens is 1. The van der Waals surface area contributed by atoms with E-state index >= 15 is 0 Å².